The molecule has 31 heavy (non-hydrogen) atoms. The number of aromatic nitrogens is 3. The molecular weight excluding hydrogens is 439 g/mol. The van der Waals surface area contributed by atoms with Crippen LogP contribution in [-0.4, -0.2) is 51.4 Å². The highest BCUT2D eigenvalue weighted by Gasteiger charge is 2.33. The van der Waals surface area contributed by atoms with Crippen molar-refractivity contribution < 1.29 is 14.6 Å². The van der Waals surface area contributed by atoms with E-state index in [1.54, 1.807) is 18.6 Å². The predicted molar refractivity (Wildman–Crippen MR) is 121 cm³/mol. The number of carboxylic acids is 1. The van der Waals surface area contributed by atoms with E-state index in [0.717, 1.165) is 36.3 Å². The van der Waals surface area contributed by atoms with E-state index in [1.165, 1.54) is 0 Å². The minimum Gasteiger partial charge on any atom is -0.481 e. The summed E-state index contributed by atoms with van der Waals surface area (Å²) in [5.74, 6) is 0.447. The van der Waals surface area contributed by atoms with Crippen LogP contribution in [0.1, 0.15) is 26.2 Å². The van der Waals surface area contributed by atoms with Crippen molar-refractivity contribution in [1.82, 2.24) is 14.5 Å². The topological polar surface area (TPSA) is 80.5 Å². The fourth-order valence-electron chi connectivity index (χ4n) is 4.09. The van der Waals surface area contributed by atoms with Crippen LogP contribution < -0.4 is 4.90 Å². The number of hydrogen-bond acceptors (Lipinski definition) is 5. The maximum Gasteiger partial charge on any atom is 0.305 e. The Labute approximate surface area is 190 Å². The van der Waals surface area contributed by atoms with Gasteiger partial charge in [0.15, 0.2) is 0 Å². The van der Waals surface area contributed by atoms with Crippen LogP contribution in [-0.2, 0) is 9.53 Å². The van der Waals surface area contributed by atoms with Gasteiger partial charge in [-0.2, -0.15) is 0 Å². The quantitative estimate of drug-likeness (QED) is 0.483. The number of anilines is 1. The van der Waals surface area contributed by atoms with Gasteiger partial charge in [0.05, 0.1) is 53.3 Å². The van der Waals surface area contributed by atoms with E-state index < -0.39 is 5.97 Å². The normalized spacial score (nSPS) is 18.7. The first-order valence-corrected chi connectivity index (χ1v) is 11.1. The third-order valence-electron chi connectivity index (χ3n) is 5.76. The standard InChI is InChI=1S/C22H24Cl2N4O3/c1-2-14-9-15(12-31-8-5-20(29)30)28(11-14)19-10-18(27-7-6-25-13-27)16-3-4-17(23)21(24)22(16)26-19/h3-4,6-7,10,13-15H,2,5,8-9,11-12H2,1H3,(H,29,30)/t14-,15-/m0/s1. The highest BCUT2D eigenvalue weighted by Crippen LogP contribution is 2.37. The molecule has 2 atom stereocenters. The maximum atomic E-state index is 10.8. The Balaban J connectivity index is 1.72. The first-order valence-electron chi connectivity index (χ1n) is 10.3. The Bertz CT molecular complexity index is 1070. The molecule has 2 aromatic heterocycles. The highest BCUT2D eigenvalue weighted by molar-refractivity contribution is 6.45. The molecular formula is C22H24Cl2N4O3. The molecule has 1 fully saturated rings. The van der Waals surface area contributed by atoms with Crippen molar-refractivity contribution in [2.24, 2.45) is 5.92 Å². The van der Waals surface area contributed by atoms with Gasteiger partial charge in [0.2, 0.25) is 0 Å². The zero-order valence-corrected chi connectivity index (χ0v) is 18.7. The lowest BCUT2D eigenvalue weighted by atomic mass is 10.0. The molecule has 0 spiro atoms. The van der Waals surface area contributed by atoms with Crippen LogP contribution in [0, 0.1) is 5.92 Å². The molecule has 0 aliphatic carbocycles. The zero-order valence-electron chi connectivity index (χ0n) is 17.2. The number of aliphatic carboxylic acids is 1. The SMILES string of the molecule is CC[C@H]1C[C@@H](COCCC(=O)O)N(c2cc(-n3ccnc3)c3ccc(Cl)c(Cl)c3n2)C1. The average molecular weight is 463 g/mol. The molecule has 0 bridgehead atoms. The molecule has 3 aromatic rings. The van der Waals surface area contributed by atoms with E-state index >= 15 is 0 Å². The number of nitrogens with zero attached hydrogens (tertiary/aromatic N) is 4. The minimum absolute atomic E-state index is 0.00294. The second kappa shape index (κ2) is 9.42. The molecule has 9 heteroatoms. The highest BCUT2D eigenvalue weighted by atomic mass is 35.5. The number of benzene rings is 1. The largest absolute Gasteiger partial charge is 0.481 e. The van der Waals surface area contributed by atoms with Crippen LogP contribution in [0.15, 0.2) is 36.9 Å². The van der Waals surface area contributed by atoms with Gasteiger partial charge in [0.1, 0.15) is 5.82 Å². The third-order valence-corrected chi connectivity index (χ3v) is 6.56. The smallest absolute Gasteiger partial charge is 0.305 e. The van der Waals surface area contributed by atoms with Gasteiger partial charge in [-0.3, -0.25) is 4.79 Å². The summed E-state index contributed by atoms with van der Waals surface area (Å²) in [6.07, 6.45) is 7.37. The third kappa shape index (κ3) is 4.63. The summed E-state index contributed by atoms with van der Waals surface area (Å²) in [5.41, 5.74) is 1.56. The fourth-order valence-corrected chi connectivity index (χ4v) is 4.45. The van der Waals surface area contributed by atoms with E-state index in [2.05, 4.69) is 16.8 Å². The van der Waals surface area contributed by atoms with Gasteiger partial charge < -0.3 is 19.3 Å². The number of pyridine rings is 1. The van der Waals surface area contributed by atoms with Gasteiger partial charge in [-0.1, -0.05) is 36.5 Å². The molecule has 1 aliphatic heterocycles. The maximum absolute atomic E-state index is 10.8. The minimum atomic E-state index is -0.859. The summed E-state index contributed by atoms with van der Waals surface area (Å²) >= 11 is 12.8. The number of fused-ring (bicyclic) bond motifs is 1. The summed E-state index contributed by atoms with van der Waals surface area (Å²) in [5, 5.41) is 10.6. The van der Waals surface area contributed by atoms with Crippen LogP contribution in [0.5, 0.6) is 0 Å². The lowest BCUT2D eigenvalue weighted by Crippen LogP contribution is -2.34. The Morgan fingerprint density at radius 2 is 2.19 bits per heavy atom. The Kier molecular flexibility index (Phi) is 6.65. The van der Waals surface area contributed by atoms with E-state index in [-0.39, 0.29) is 19.1 Å². The van der Waals surface area contributed by atoms with E-state index in [4.69, 9.17) is 38.0 Å². The fraction of sp³-hybridized carbons (Fsp3) is 0.409. The van der Waals surface area contributed by atoms with Crippen LogP contribution in [0.2, 0.25) is 10.0 Å². The van der Waals surface area contributed by atoms with Gasteiger partial charge in [0.25, 0.3) is 0 Å². The number of rotatable bonds is 8. The van der Waals surface area contributed by atoms with Crippen molar-refractivity contribution in [3.8, 4) is 5.69 Å². The molecule has 0 radical (unpaired) electrons. The lowest BCUT2D eigenvalue weighted by Gasteiger charge is -2.27. The van der Waals surface area contributed by atoms with E-state index in [9.17, 15) is 4.79 Å². The van der Waals surface area contributed by atoms with Crippen molar-refractivity contribution in [1.29, 1.82) is 0 Å². The molecule has 0 amide bonds. The number of carbonyl (C=O) groups is 1. The number of halogens is 2. The van der Waals surface area contributed by atoms with Gasteiger partial charge in [-0.15, -0.1) is 0 Å². The van der Waals surface area contributed by atoms with E-state index in [0.29, 0.717) is 28.1 Å². The molecule has 4 rings (SSSR count). The molecule has 0 saturated carbocycles. The Morgan fingerprint density at radius 1 is 1.35 bits per heavy atom. The van der Waals surface area contributed by atoms with Gasteiger partial charge in [-0.25, -0.2) is 9.97 Å². The Hall–Kier alpha value is -2.35. The monoisotopic (exact) mass is 462 g/mol. The number of carboxylic acid groups (broad SMARTS) is 1. The van der Waals surface area contributed by atoms with Crippen molar-refractivity contribution in [3.63, 3.8) is 0 Å². The predicted octanol–water partition coefficient (Wildman–Crippen LogP) is 4.82. The number of ether oxygens (including phenoxy) is 1. The molecule has 0 unspecified atom stereocenters. The molecule has 1 N–H and O–H groups in total. The van der Waals surface area contributed by atoms with Crippen LogP contribution in [0.25, 0.3) is 16.6 Å². The van der Waals surface area contributed by atoms with Crippen molar-refractivity contribution in [3.05, 3.63) is 47.0 Å². The second-order valence-electron chi connectivity index (χ2n) is 7.76. The first-order chi connectivity index (χ1) is 15.0. The van der Waals surface area contributed by atoms with Crippen LogP contribution in [0.3, 0.4) is 0 Å². The molecule has 1 saturated heterocycles. The van der Waals surface area contributed by atoms with Gasteiger partial charge >= 0.3 is 5.97 Å². The summed E-state index contributed by atoms with van der Waals surface area (Å²) in [6.45, 7) is 3.68. The van der Waals surface area contributed by atoms with Gasteiger partial charge in [-0.05, 0) is 24.5 Å². The van der Waals surface area contributed by atoms with Crippen molar-refractivity contribution in [2.75, 3.05) is 24.7 Å². The van der Waals surface area contributed by atoms with Crippen LogP contribution in [0.4, 0.5) is 5.82 Å². The molecule has 1 aromatic carbocycles. The summed E-state index contributed by atoms with van der Waals surface area (Å²) in [4.78, 5) is 22.1. The van der Waals surface area contributed by atoms with Crippen LogP contribution >= 0.6 is 23.2 Å². The molecule has 3 heterocycles. The molecule has 164 valence electrons. The molecule has 7 nitrogen and oxygen atoms in total. The number of hydrogen-bond donors (Lipinski definition) is 1. The summed E-state index contributed by atoms with van der Waals surface area (Å²) < 4.78 is 7.63. The first kappa shape index (κ1) is 21.9. The molecule has 1 aliphatic rings. The van der Waals surface area contributed by atoms with Crippen molar-refractivity contribution >= 4 is 45.9 Å². The van der Waals surface area contributed by atoms with Gasteiger partial charge in [0, 0.05) is 30.4 Å². The number of imidazole rings is 1. The lowest BCUT2D eigenvalue weighted by molar-refractivity contribution is -0.138. The second-order valence-corrected chi connectivity index (χ2v) is 8.55. The summed E-state index contributed by atoms with van der Waals surface area (Å²) in [6, 6.07) is 5.84. The van der Waals surface area contributed by atoms with Crippen molar-refractivity contribution in [2.45, 2.75) is 32.2 Å². The summed E-state index contributed by atoms with van der Waals surface area (Å²) in [7, 11) is 0. The van der Waals surface area contributed by atoms with E-state index in [1.807, 2.05) is 22.9 Å². The average Bonchev–Trinajstić information content (AvgIpc) is 3.43. The zero-order chi connectivity index (χ0) is 22.0. The Morgan fingerprint density at radius 3 is 2.90 bits per heavy atom.